The van der Waals surface area contributed by atoms with Gasteiger partial charge in [0.1, 0.15) is 11.0 Å². The lowest BCUT2D eigenvalue weighted by molar-refractivity contribution is -0.116. The number of aromatic carboxylic acids is 1. The van der Waals surface area contributed by atoms with E-state index in [1.54, 1.807) is 18.3 Å². The number of aryl methyl sites for hydroxylation is 1. The van der Waals surface area contributed by atoms with Gasteiger partial charge in [0.05, 0.1) is 11.8 Å². The number of amides is 1. The van der Waals surface area contributed by atoms with Crippen LogP contribution >= 0.6 is 0 Å². The van der Waals surface area contributed by atoms with Gasteiger partial charge in [-0.1, -0.05) is 18.2 Å². The summed E-state index contributed by atoms with van der Waals surface area (Å²) in [5.41, 5.74) is 4.78. The molecule has 148 valence electrons. The predicted octanol–water partition coefficient (Wildman–Crippen LogP) is 3.35. The van der Waals surface area contributed by atoms with Gasteiger partial charge in [-0.25, -0.2) is 14.8 Å². The summed E-state index contributed by atoms with van der Waals surface area (Å²) in [6, 6.07) is 12.2. The topological polar surface area (TPSA) is 133 Å². The molecule has 0 spiro atoms. The first-order valence-corrected chi connectivity index (χ1v) is 9.31. The van der Waals surface area contributed by atoms with Crippen molar-refractivity contribution >= 4 is 40.1 Å². The molecule has 1 aliphatic rings. The van der Waals surface area contributed by atoms with Crippen molar-refractivity contribution in [3.05, 3.63) is 59.8 Å². The average Bonchev–Trinajstić information content (AvgIpc) is 3.22. The maximum atomic E-state index is 11.7. The third-order valence-corrected chi connectivity index (χ3v) is 4.96. The smallest absolute Gasteiger partial charge is 0.335 e. The maximum absolute atomic E-state index is 11.7. The van der Waals surface area contributed by atoms with Crippen LogP contribution in [0.2, 0.25) is 0 Å². The monoisotopic (exact) mass is 400 g/mol. The molecular weight excluding hydrogens is 384 g/mol. The summed E-state index contributed by atoms with van der Waals surface area (Å²) in [5, 5.41) is 22.2. The highest BCUT2D eigenvalue weighted by atomic mass is 16.4. The molecule has 0 unspecified atom stereocenters. The van der Waals surface area contributed by atoms with Crippen LogP contribution in [-0.4, -0.2) is 37.1 Å². The number of aromatic amines is 1. The first-order valence-electron chi connectivity index (χ1n) is 9.31. The van der Waals surface area contributed by atoms with Gasteiger partial charge in [0, 0.05) is 23.4 Å². The van der Waals surface area contributed by atoms with Gasteiger partial charge in [0.15, 0.2) is 11.6 Å². The van der Waals surface area contributed by atoms with Crippen LogP contribution in [0, 0.1) is 0 Å². The fraction of sp³-hybridized carbons (Fsp3) is 0.0952. The molecule has 3 heterocycles. The third kappa shape index (κ3) is 3.22. The van der Waals surface area contributed by atoms with E-state index in [0.717, 1.165) is 23.4 Å². The molecule has 5 rings (SSSR count). The molecule has 2 aromatic carbocycles. The van der Waals surface area contributed by atoms with Crippen LogP contribution in [0.5, 0.6) is 0 Å². The van der Waals surface area contributed by atoms with E-state index in [-0.39, 0.29) is 11.5 Å². The zero-order valence-electron chi connectivity index (χ0n) is 15.6. The number of carbonyl (C=O) groups excluding carboxylic acids is 1. The van der Waals surface area contributed by atoms with E-state index in [2.05, 4.69) is 30.8 Å². The number of nitrogens with one attached hydrogen (secondary N) is 3. The van der Waals surface area contributed by atoms with Gasteiger partial charge in [-0.05, 0) is 36.2 Å². The Bertz CT molecular complexity index is 1300. The number of hydrogen-bond donors (Lipinski definition) is 4. The second-order valence-corrected chi connectivity index (χ2v) is 6.95. The van der Waals surface area contributed by atoms with E-state index < -0.39 is 5.97 Å². The molecule has 4 N–H and O–H groups in total. The summed E-state index contributed by atoms with van der Waals surface area (Å²) in [4.78, 5) is 31.9. The first kappa shape index (κ1) is 17.8. The number of H-pyrrole nitrogens is 1. The lowest BCUT2D eigenvalue weighted by atomic mass is 10.0. The maximum Gasteiger partial charge on any atom is 0.335 e. The summed E-state index contributed by atoms with van der Waals surface area (Å²) in [6.45, 7) is 0. The lowest BCUT2D eigenvalue weighted by Crippen LogP contribution is -2.18. The molecule has 2 aromatic heterocycles. The molecular formula is C21H16N6O3. The molecule has 30 heavy (non-hydrogen) atoms. The Hall–Kier alpha value is -4.27. The van der Waals surface area contributed by atoms with Crippen molar-refractivity contribution in [3.8, 4) is 11.4 Å². The number of benzene rings is 2. The molecule has 0 aliphatic carbocycles. The Balaban J connectivity index is 1.53. The Labute approximate surface area is 170 Å². The molecule has 1 aliphatic heterocycles. The average molecular weight is 400 g/mol. The molecule has 0 atom stereocenters. The van der Waals surface area contributed by atoms with E-state index >= 15 is 0 Å². The fourth-order valence-electron chi connectivity index (χ4n) is 3.41. The van der Waals surface area contributed by atoms with E-state index in [1.807, 2.05) is 18.2 Å². The van der Waals surface area contributed by atoms with Crippen molar-refractivity contribution in [2.45, 2.75) is 12.8 Å². The van der Waals surface area contributed by atoms with Crippen LogP contribution in [0.1, 0.15) is 22.3 Å². The number of anilines is 3. The zero-order chi connectivity index (χ0) is 20.7. The summed E-state index contributed by atoms with van der Waals surface area (Å²) < 4.78 is 0. The van der Waals surface area contributed by atoms with Gasteiger partial charge in [0.2, 0.25) is 5.91 Å². The van der Waals surface area contributed by atoms with Crippen LogP contribution in [0.25, 0.3) is 22.4 Å². The van der Waals surface area contributed by atoms with Gasteiger partial charge >= 0.3 is 5.97 Å². The van der Waals surface area contributed by atoms with Gasteiger partial charge in [-0.3, -0.25) is 9.89 Å². The molecule has 0 radical (unpaired) electrons. The largest absolute Gasteiger partial charge is 0.478 e. The second-order valence-electron chi connectivity index (χ2n) is 6.95. The highest BCUT2D eigenvalue weighted by Crippen LogP contribution is 2.30. The summed E-state index contributed by atoms with van der Waals surface area (Å²) in [5.74, 6) is -0.0224. The number of aromatic nitrogens is 4. The Kier molecular flexibility index (Phi) is 4.13. The van der Waals surface area contributed by atoms with Gasteiger partial charge < -0.3 is 15.7 Å². The zero-order valence-corrected chi connectivity index (χ0v) is 15.6. The van der Waals surface area contributed by atoms with E-state index in [9.17, 15) is 9.59 Å². The van der Waals surface area contributed by atoms with Crippen molar-refractivity contribution in [1.82, 2.24) is 20.2 Å². The van der Waals surface area contributed by atoms with Crippen LogP contribution in [0.15, 0.2) is 48.7 Å². The second kappa shape index (κ2) is 6.96. The Morgan fingerprint density at radius 1 is 1.07 bits per heavy atom. The minimum Gasteiger partial charge on any atom is -0.478 e. The van der Waals surface area contributed by atoms with Crippen LogP contribution < -0.4 is 10.6 Å². The van der Waals surface area contributed by atoms with Gasteiger partial charge in [-0.15, -0.1) is 0 Å². The molecule has 0 fully saturated rings. The number of hydrogen-bond acceptors (Lipinski definition) is 6. The van der Waals surface area contributed by atoms with E-state index in [0.29, 0.717) is 34.7 Å². The minimum absolute atomic E-state index is 0.00439. The highest BCUT2D eigenvalue weighted by Gasteiger charge is 2.16. The quantitative estimate of drug-likeness (QED) is 0.413. The molecule has 0 bridgehead atoms. The van der Waals surface area contributed by atoms with Gasteiger partial charge in [0.25, 0.3) is 0 Å². The van der Waals surface area contributed by atoms with Crippen molar-refractivity contribution in [3.63, 3.8) is 0 Å². The number of carbonyl (C=O) groups is 2. The molecule has 9 nitrogen and oxygen atoms in total. The normalized spacial score (nSPS) is 13.0. The van der Waals surface area contributed by atoms with Crippen LogP contribution in [0.4, 0.5) is 17.2 Å². The molecule has 1 amide bonds. The standard InChI is InChI=1S/C21H16N6O3/c28-17-8-6-11-5-7-14(9-15(11)24-17)23-20-18-16(10-22-27-18)25-19(26-20)12-1-3-13(4-2-12)21(29)30/h1-5,7,9-10H,6,8H2,(H,22,27)(H,24,28)(H,29,30)(H,23,25,26). The molecule has 9 heteroatoms. The number of rotatable bonds is 4. The number of carboxylic acid groups (broad SMARTS) is 1. The van der Waals surface area contributed by atoms with E-state index in [1.165, 1.54) is 12.1 Å². The summed E-state index contributed by atoms with van der Waals surface area (Å²) in [7, 11) is 0. The first-order chi connectivity index (χ1) is 14.6. The predicted molar refractivity (Wildman–Crippen MR) is 111 cm³/mol. The molecule has 0 saturated carbocycles. The fourth-order valence-corrected chi connectivity index (χ4v) is 3.41. The van der Waals surface area contributed by atoms with Crippen molar-refractivity contribution in [2.75, 3.05) is 10.6 Å². The molecule has 4 aromatic rings. The third-order valence-electron chi connectivity index (χ3n) is 4.96. The van der Waals surface area contributed by atoms with Crippen molar-refractivity contribution < 1.29 is 14.7 Å². The van der Waals surface area contributed by atoms with Crippen LogP contribution in [0.3, 0.4) is 0 Å². The molecule has 0 saturated heterocycles. The highest BCUT2D eigenvalue weighted by molar-refractivity contribution is 5.95. The summed E-state index contributed by atoms with van der Waals surface area (Å²) in [6.07, 6.45) is 2.81. The summed E-state index contributed by atoms with van der Waals surface area (Å²) >= 11 is 0. The Morgan fingerprint density at radius 3 is 2.70 bits per heavy atom. The van der Waals surface area contributed by atoms with Gasteiger partial charge in [-0.2, -0.15) is 5.10 Å². The van der Waals surface area contributed by atoms with Crippen molar-refractivity contribution in [2.24, 2.45) is 0 Å². The van der Waals surface area contributed by atoms with Crippen LogP contribution in [-0.2, 0) is 11.2 Å². The van der Waals surface area contributed by atoms with Crippen molar-refractivity contribution in [1.29, 1.82) is 0 Å². The SMILES string of the molecule is O=C1CCc2ccc(Nc3nc(-c4ccc(C(=O)O)cc4)nc4cn[nH]c34)cc2N1. The number of nitrogens with zero attached hydrogens (tertiary/aromatic N) is 3. The minimum atomic E-state index is -0.991. The number of fused-ring (bicyclic) bond motifs is 2. The van der Waals surface area contributed by atoms with E-state index in [4.69, 9.17) is 5.11 Å². The lowest BCUT2D eigenvalue weighted by Gasteiger charge is -2.18. The number of carboxylic acids is 1. The Morgan fingerprint density at radius 2 is 1.90 bits per heavy atom.